The second kappa shape index (κ2) is 5.28. The first-order valence-electron chi connectivity index (χ1n) is 4.68. The fourth-order valence-corrected chi connectivity index (χ4v) is 3.17. The summed E-state index contributed by atoms with van der Waals surface area (Å²) in [5.41, 5.74) is 0.122. The molecule has 0 saturated carbocycles. The maximum Gasteiger partial charge on any atom is 0.183 e. The minimum Gasteiger partial charge on any atom is -0.263 e. The van der Waals surface area contributed by atoms with Crippen LogP contribution in [0.3, 0.4) is 0 Å². The summed E-state index contributed by atoms with van der Waals surface area (Å²) in [4.78, 5) is 3.72. The molecule has 0 N–H and O–H groups in total. The van der Waals surface area contributed by atoms with Crippen molar-refractivity contribution in [2.75, 3.05) is 5.88 Å². The lowest BCUT2D eigenvalue weighted by atomic mass is 10.3. The molecule has 4 nitrogen and oxygen atoms in total. The number of hydrogen-bond acceptors (Lipinski definition) is 4. The Morgan fingerprint density at radius 2 is 2.31 bits per heavy atom. The predicted molar refractivity (Wildman–Crippen MR) is 60.9 cm³/mol. The van der Waals surface area contributed by atoms with Gasteiger partial charge in [-0.15, -0.1) is 11.6 Å². The third-order valence-electron chi connectivity index (χ3n) is 2.26. The number of aromatic nitrogens is 1. The van der Waals surface area contributed by atoms with Crippen LogP contribution in [0, 0.1) is 11.3 Å². The highest BCUT2D eigenvalue weighted by Crippen LogP contribution is 2.20. The number of alkyl halides is 1. The number of pyridine rings is 1. The van der Waals surface area contributed by atoms with Gasteiger partial charge >= 0.3 is 0 Å². The van der Waals surface area contributed by atoms with Crippen molar-refractivity contribution < 1.29 is 8.42 Å². The van der Waals surface area contributed by atoms with Gasteiger partial charge in [-0.05, 0) is 19.4 Å². The zero-order valence-electron chi connectivity index (χ0n) is 8.72. The van der Waals surface area contributed by atoms with Crippen molar-refractivity contribution in [1.29, 1.82) is 5.26 Å². The highest BCUT2D eigenvalue weighted by molar-refractivity contribution is 7.92. The van der Waals surface area contributed by atoms with E-state index in [9.17, 15) is 8.42 Å². The average molecular weight is 259 g/mol. The van der Waals surface area contributed by atoms with Crippen LogP contribution in [0.5, 0.6) is 0 Å². The average Bonchev–Trinajstić information content (AvgIpc) is 2.29. The molecular formula is C10H11ClN2O2S. The van der Waals surface area contributed by atoms with E-state index in [-0.39, 0.29) is 16.3 Å². The minimum atomic E-state index is -3.51. The number of halogens is 1. The molecule has 0 aliphatic heterocycles. The summed E-state index contributed by atoms with van der Waals surface area (Å²) in [5, 5.41) is 8.22. The van der Waals surface area contributed by atoms with E-state index in [4.69, 9.17) is 16.9 Å². The van der Waals surface area contributed by atoms with Gasteiger partial charge in [0.2, 0.25) is 0 Å². The second-order valence-electron chi connectivity index (χ2n) is 3.32. The fraction of sp³-hybridized carbons (Fsp3) is 0.400. The quantitative estimate of drug-likeness (QED) is 0.772. The van der Waals surface area contributed by atoms with Gasteiger partial charge in [0.1, 0.15) is 11.0 Å². The lowest BCUT2D eigenvalue weighted by Gasteiger charge is -2.11. The Balaban J connectivity index is 3.23. The van der Waals surface area contributed by atoms with E-state index in [1.165, 1.54) is 18.5 Å². The number of nitriles is 1. The summed E-state index contributed by atoms with van der Waals surface area (Å²) in [7, 11) is -3.51. The van der Waals surface area contributed by atoms with Crippen molar-refractivity contribution in [3.63, 3.8) is 0 Å². The number of sulfone groups is 1. The van der Waals surface area contributed by atoms with E-state index in [0.29, 0.717) is 6.42 Å². The summed E-state index contributed by atoms with van der Waals surface area (Å²) in [5.74, 6) is 0.266. The van der Waals surface area contributed by atoms with Crippen LogP contribution in [-0.2, 0) is 9.84 Å². The first-order valence-corrected chi connectivity index (χ1v) is 6.76. The molecule has 1 atom stereocenters. The van der Waals surface area contributed by atoms with Gasteiger partial charge in [-0.2, -0.15) is 5.26 Å². The first-order chi connectivity index (χ1) is 7.54. The molecule has 0 spiro atoms. The zero-order valence-corrected chi connectivity index (χ0v) is 10.3. The molecule has 0 aromatic carbocycles. The van der Waals surface area contributed by atoms with Gasteiger partial charge in [0.05, 0.1) is 10.8 Å². The van der Waals surface area contributed by atoms with Gasteiger partial charge in [0.15, 0.2) is 9.84 Å². The van der Waals surface area contributed by atoms with Crippen LogP contribution in [0.15, 0.2) is 23.4 Å². The third-order valence-corrected chi connectivity index (χ3v) is 4.71. The molecule has 16 heavy (non-hydrogen) atoms. The van der Waals surface area contributed by atoms with Crippen LogP contribution in [0.2, 0.25) is 0 Å². The Morgan fingerprint density at radius 1 is 1.62 bits per heavy atom. The number of nitrogens with zero attached hydrogens (tertiary/aromatic N) is 2. The molecule has 0 aliphatic carbocycles. The Hall–Kier alpha value is -1.12. The van der Waals surface area contributed by atoms with Gasteiger partial charge in [-0.3, -0.25) is 4.98 Å². The van der Waals surface area contributed by atoms with Crippen molar-refractivity contribution >= 4 is 21.4 Å². The minimum absolute atomic E-state index is 0.0184. The van der Waals surface area contributed by atoms with Crippen molar-refractivity contribution in [3.05, 3.63) is 24.0 Å². The predicted octanol–water partition coefficient (Wildman–Crippen LogP) is 1.74. The summed E-state index contributed by atoms with van der Waals surface area (Å²) in [6.45, 7) is 1.58. The van der Waals surface area contributed by atoms with E-state index in [0.717, 1.165) is 0 Å². The third kappa shape index (κ3) is 2.52. The van der Waals surface area contributed by atoms with Crippen molar-refractivity contribution in [2.45, 2.75) is 23.5 Å². The largest absolute Gasteiger partial charge is 0.263 e. The van der Waals surface area contributed by atoms with Crippen molar-refractivity contribution in [2.24, 2.45) is 0 Å². The molecule has 1 aromatic heterocycles. The number of rotatable bonds is 4. The number of hydrogen-bond donors (Lipinski definition) is 0. The molecule has 6 heteroatoms. The fourth-order valence-electron chi connectivity index (χ4n) is 1.22. The topological polar surface area (TPSA) is 70.8 Å². The second-order valence-corrected chi connectivity index (χ2v) is 6.03. The van der Waals surface area contributed by atoms with E-state index in [1.807, 2.05) is 6.07 Å². The Morgan fingerprint density at radius 3 is 2.88 bits per heavy atom. The van der Waals surface area contributed by atoms with Gasteiger partial charge in [-0.1, -0.05) is 0 Å². The molecule has 0 radical (unpaired) electrons. The first kappa shape index (κ1) is 12.9. The Bertz CT molecular complexity index is 508. The molecule has 0 fully saturated rings. The van der Waals surface area contributed by atoms with Gasteiger partial charge in [0, 0.05) is 18.3 Å². The molecule has 0 amide bonds. The highest BCUT2D eigenvalue weighted by Gasteiger charge is 2.25. The summed E-state index contributed by atoms with van der Waals surface area (Å²) >= 11 is 5.52. The van der Waals surface area contributed by atoms with Crippen LogP contribution < -0.4 is 0 Å². The molecular weight excluding hydrogens is 248 g/mol. The summed E-state index contributed by atoms with van der Waals surface area (Å²) in [6, 6.07) is 3.24. The molecule has 1 unspecified atom stereocenters. The van der Waals surface area contributed by atoms with E-state index >= 15 is 0 Å². The normalized spacial score (nSPS) is 13.1. The van der Waals surface area contributed by atoms with Gasteiger partial charge < -0.3 is 0 Å². The highest BCUT2D eigenvalue weighted by atomic mass is 35.5. The van der Waals surface area contributed by atoms with Crippen LogP contribution in [0.4, 0.5) is 0 Å². The zero-order chi connectivity index (χ0) is 12.2. The maximum atomic E-state index is 12.1. The van der Waals surface area contributed by atoms with Crippen LogP contribution in [0.25, 0.3) is 0 Å². The molecule has 1 aromatic rings. The molecule has 86 valence electrons. The van der Waals surface area contributed by atoms with E-state index < -0.39 is 15.1 Å². The SMILES string of the molecule is CC(CCCl)S(=O)(=O)c1cnccc1C#N. The van der Waals surface area contributed by atoms with Crippen LogP contribution in [0.1, 0.15) is 18.9 Å². The lowest BCUT2D eigenvalue weighted by molar-refractivity contribution is 0.580. The van der Waals surface area contributed by atoms with Crippen molar-refractivity contribution in [1.82, 2.24) is 4.98 Å². The summed E-state index contributed by atoms with van der Waals surface area (Å²) in [6.07, 6.45) is 2.95. The standard InChI is InChI=1S/C10H11ClN2O2S/c1-8(2-4-11)16(14,15)10-7-13-5-3-9(10)6-12/h3,5,7-8H,2,4H2,1H3. The molecule has 0 saturated heterocycles. The molecule has 0 aliphatic rings. The smallest absolute Gasteiger partial charge is 0.183 e. The van der Waals surface area contributed by atoms with Gasteiger partial charge in [0.25, 0.3) is 0 Å². The molecule has 1 rings (SSSR count). The van der Waals surface area contributed by atoms with Crippen LogP contribution >= 0.6 is 11.6 Å². The van der Waals surface area contributed by atoms with Crippen molar-refractivity contribution in [3.8, 4) is 6.07 Å². The Labute approximate surface area is 99.8 Å². The molecule has 0 bridgehead atoms. The maximum absolute atomic E-state index is 12.1. The lowest BCUT2D eigenvalue weighted by Crippen LogP contribution is -2.19. The molecule has 1 heterocycles. The van der Waals surface area contributed by atoms with E-state index in [1.54, 1.807) is 6.92 Å². The van der Waals surface area contributed by atoms with E-state index in [2.05, 4.69) is 4.98 Å². The van der Waals surface area contributed by atoms with Gasteiger partial charge in [-0.25, -0.2) is 8.42 Å². The summed E-state index contributed by atoms with van der Waals surface area (Å²) < 4.78 is 24.1. The van der Waals surface area contributed by atoms with Crippen LogP contribution in [-0.4, -0.2) is 24.5 Å². The Kier molecular flexibility index (Phi) is 4.27. The monoisotopic (exact) mass is 258 g/mol.